The van der Waals surface area contributed by atoms with Crippen LogP contribution in [0.15, 0.2) is 11.6 Å². The van der Waals surface area contributed by atoms with Crippen LogP contribution < -0.4 is 0 Å². The quantitative estimate of drug-likeness (QED) is 0.519. The maximum absolute atomic E-state index is 11.6. The summed E-state index contributed by atoms with van der Waals surface area (Å²) in [6, 6.07) is 0. The summed E-state index contributed by atoms with van der Waals surface area (Å²) < 4.78 is 5.59. The van der Waals surface area contributed by atoms with Gasteiger partial charge in [-0.25, -0.2) is 4.79 Å². The molecule has 0 amide bonds. The zero-order valence-corrected chi connectivity index (χ0v) is 11.4. The van der Waals surface area contributed by atoms with Crippen molar-refractivity contribution in [2.24, 2.45) is 0 Å². The highest BCUT2D eigenvalue weighted by Gasteiger charge is 2.40. The van der Waals surface area contributed by atoms with Crippen LogP contribution in [0.25, 0.3) is 0 Å². The van der Waals surface area contributed by atoms with Gasteiger partial charge in [-0.15, -0.1) is 0 Å². The van der Waals surface area contributed by atoms with Crippen LogP contribution in [0.1, 0.15) is 34.6 Å². The van der Waals surface area contributed by atoms with E-state index in [1.165, 1.54) is 0 Å². The Morgan fingerprint density at radius 3 is 2.00 bits per heavy atom. The van der Waals surface area contributed by atoms with Crippen LogP contribution in [0.5, 0.6) is 0 Å². The molecule has 0 aliphatic carbocycles. The molecule has 0 unspecified atom stereocenters. The molecule has 0 aromatic rings. The number of allylic oxidation sites excluding steroid dienone is 1. The molecule has 0 atom stereocenters. The summed E-state index contributed by atoms with van der Waals surface area (Å²) in [5, 5.41) is 0.0800. The Kier molecular flexibility index (Phi) is 4.12. The predicted molar refractivity (Wildman–Crippen MR) is 62.7 cm³/mol. The number of hydrogen-bond acceptors (Lipinski definition) is 2. The van der Waals surface area contributed by atoms with Gasteiger partial charge in [-0.05, 0) is 32.0 Å². The third-order valence-corrected chi connectivity index (χ3v) is 7.22. The van der Waals surface area contributed by atoms with Crippen LogP contribution in [0.4, 0.5) is 0 Å². The van der Waals surface area contributed by atoms with Gasteiger partial charge in [0.2, 0.25) is 0 Å². The van der Waals surface area contributed by atoms with E-state index in [1.54, 1.807) is 13.0 Å². The average Bonchev–Trinajstić information content (AvgIpc) is 2.00. The molecule has 14 heavy (non-hydrogen) atoms. The van der Waals surface area contributed by atoms with Crippen molar-refractivity contribution in [1.29, 1.82) is 0 Å². The topological polar surface area (TPSA) is 26.3 Å². The van der Waals surface area contributed by atoms with Crippen molar-refractivity contribution in [3.63, 3.8) is 0 Å². The molecule has 0 saturated carbocycles. The van der Waals surface area contributed by atoms with E-state index >= 15 is 0 Å². The summed E-state index contributed by atoms with van der Waals surface area (Å²) in [5.41, 5.74) is 0.690. The fraction of sp³-hybridized carbons (Fsp3) is 0.727. The number of hydrogen-bond donors (Lipinski definition) is 0. The molecular weight excluding hydrogens is 192 g/mol. The lowest BCUT2D eigenvalue weighted by Gasteiger charge is -2.35. The minimum absolute atomic E-state index is 0.0800. The van der Waals surface area contributed by atoms with Crippen molar-refractivity contribution in [2.75, 3.05) is 0 Å². The van der Waals surface area contributed by atoms with E-state index in [0.717, 1.165) is 0 Å². The second-order valence-corrected chi connectivity index (χ2v) is 9.85. The van der Waals surface area contributed by atoms with Crippen molar-refractivity contribution in [2.45, 2.75) is 52.8 Å². The molecule has 0 radical (unpaired) electrons. The molecule has 3 heteroatoms. The van der Waals surface area contributed by atoms with Gasteiger partial charge in [0, 0.05) is 5.57 Å². The third-order valence-electron chi connectivity index (χ3n) is 2.91. The SMILES string of the molecule is C/C=C(\C)C(=O)O[Si](C)(C)C(C)(C)C. The van der Waals surface area contributed by atoms with Gasteiger partial charge in [-0.2, -0.15) is 0 Å². The van der Waals surface area contributed by atoms with Gasteiger partial charge in [-0.1, -0.05) is 26.8 Å². The Hall–Kier alpha value is -0.573. The van der Waals surface area contributed by atoms with Gasteiger partial charge < -0.3 is 4.43 Å². The van der Waals surface area contributed by atoms with E-state index in [4.69, 9.17) is 4.43 Å². The van der Waals surface area contributed by atoms with Crippen molar-refractivity contribution in [3.05, 3.63) is 11.6 Å². The first-order valence-electron chi connectivity index (χ1n) is 4.98. The number of carbonyl (C=O) groups excluding carboxylic acids is 1. The minimum Gasteiger partial charge on any atom is -0.516 e. The molecule has 0 bridgehead atoms. The second kappa shape index (κ2) is 4.30. The molecule has 0 fully saturated rings. The van der Waals surface area contributed by atoms with Crippen LogP contribution in [0, 0.1) is 0 Å². The fourth-order valence-electron chi connectivity index (χ4n) is 0.583. The predicted octanol–water partition coefficient (Wildman–Crippen LogP) is 3.50. The largest absolute Gasteiger partial charge is 0.516 e. The van der Waals surface area contributed by atoms with Gasteiger partial charge in [0.15, 0.2) is 0 Å². The van der Waals surface area contributed by atoms with Gasteiger partial charge in [0.1, 0.15) is 0 Å². The Labute approximate surface area is 88.5 Å². The lowest BCUT2D eigenvalue weighted by Crippen LogP contribution is -2.42. The number of rotatable bonds is 2. The Morgan fingerprint density at radius 2 is 1.71 bits per heavy atom. The summed E-state index contributed by atoms with van der Waals surface area (Å²) >= 11 is 0. The van der Waals surface area contributed by atoms with Gasteiger partial charge >= 0.3 is 5.97 Å². The molecule has 2 nitrogen and oxygen atoms in total. The smallest absolute Gasteiger partial charge is 0.320 e. The first kappa shape index (κ1) is 13.4. The van der Waals surface area contributed by atoms with Gasteiger partial charge in [0.25, 0.3) is 8.32 Å². The van der Waals surface area contributed by atoms with E-state index in [9.17, 15) is 4.79 Å². The normalized spacial score (nSPS) is 14.1. The van der Waals surface area contributed by atoms with Gasteiger partial charge in [0.05, 0.1) is 0 Å². The molecule has 0 rings (SSSR count). The summed E-state index contributed by atoms with van der Waals surface area (Å²) in [5.74, 6) is -0.168. The number of carbonyl (C=O) groups is 1. The lowest BCUT2D eigenvalue weighted by molar-refractivity contribution is -0.131. The van der Waals surface area contributed by atoms with Crippen LogP contribution in [-0.2, 0) is 9.22 Å². The minimum atomic E-state index is -1.94. The molecule has 0 spiro atoms. The molecular formula is C11H22O2Si. The van der Waals surface area contributed by atoms with E-state index in [1.807, 2.05) is 6.92 Å². The third kappa shape index (κ3) is 3.29. The summed E-state index contributed by atoms with van der Waals surface area (Å²) in [6.07, 6.45) is 1.79. The van der Waals surface area contributed by atoms with Crippen molar-refractivity contribution < 1.29 is 9.22 Å². The van der Waals surface area contributed by atoms with E-state index < -0.39 is 8.32 Å². The highest BCUT2D eigenvalue weighted by molar-refractivity contribution is 6.75. The molecule has 82 valence electrons. The zero-order valence-electron chi connectivity index (χ0n) is 10.4. The van der Waals surface area contributed by atoms with Crippen LogP contribution in [-0.4, -0.2) is 14.3 Å². The molecule has 0 heterocycles. The van der Waals surface area contributed by atoms with E-state index in [0.29, 0.717) is 5.57 Å². The Morgan fingerprint density at radius 1 is 1.29 bits per heavy atom. The summed E-state index contributed by atoms with van der Waals surface area (Å²) in [7, 11) is -1.94. The Balaban J connectivity index is 4.62. The standard InChI is InChI=1S/C11H22O2Si/c1-8-9(2)10(12)13-14(6,7)11(3,4)5/h8H,1-7H3/b9-8+. The zero-order chi connectivity index (χ0) is 11.6. The molecule has 0 aromatic heterocycles. The second-order valence-electron chi connectivity index (χ2n) is 5.12. The molecule has 0 N–H and O–H groups in total. The maximum atomic E-state index is 11.6. The maximum Gasteiger partial charge on any atom is 0.320 e. The average molecular weight is 214 g/mol. The molecule has 0 aromatic carbocycles. The first-order chi connectivity index (χ1) is 6.12. The Bertz CT molecular complexity index is 247. The first-order valence-corrected chi connectivity index (χ1v) is 7.89. The molecule has 0 aliphatic rings. The molecule has 0 saturated heterocycles. The highest BCUT2D eigenvalue weighted by Crippen LogP contribution is 2.36. The monoisotopic (exact) mass is 214 g/mol. The van der Waals surface area contributed by atoms with Crippen molar-refractivity contribution in [3.8, 4) is 0 Å². The van der Waals surface area contributed by atoms with Crippen LogP contribution in [0.2, 0.25) is 18.1 Å². The van der Waals surface area contributed by atoms with Crippen molar-refractivity contribution >= 4 is 14.3 Å². The van der Waals surface area contributed by atoms with E-state index in [2.05, 4.69) is 33.9 Å². The summed E-state index contributed by atoms with van der Waals surface area (Å²) in [6.45, 7) is 14.2. The molecule has 0 aliphatic heterocycles. The summed E-state index contributed by atoms with van der Waals surface area (Å²) in [4.78, 5) is 11.6. The highest BCUT2D eigenvalue weighted by atomic mass is 28.4. The van der Waals surface area contributed by atoms with Gasteiger partial charge in [-0.3, -0.25) is 0 Å². The van der Waals surface area contributed by atoms with Crippen LogP contribution in [0.3, 0.4) is 0 Å². The fourth-order valence-corrected chi connectivity index (χ4v) is 1.51. The van der Waals surface area contributed by atoms with Crippen LogP contribution >= 0.6 is 0 Å². The van der Waals surface area contributed by atoms with E-state index in [-0.39, 0.29) is 11.0 Å². The lowest BCUT2D eigenvalue weighted by atomic mass is 10.2. The van der Waals surface area contributed by atoms with Crippen molar-refractivity contribution in [1.82, 2.24) is 0 Å².